The summed E-state index contributed by atoms with van der Waals surface area (Å²) in [6.45, 7) is 4.80. The summed E-state index contributed by atoms with van der Waals surface area (Å²) in [5, 5.41) is 30.1. The predicted octanol–water partition coefficient (Wildman–Crippen LogP) is 4.32. The van der Waals surface area contributed by atoms with E-state index in [1.165, 1.54) is 42.7 Å². The Kier molecular flexibility index (Phi) is 7.50. The van der Waals surface area contributed by atoms with E-state index in [2.05, 4.69) is 20.5 Å². The van der Waals surface area contributed by atoms with E-state index in [1.54, 1.807) is 32.9 Å². The first-order valence-corrected chi connectivity index (χ1v) is 14.2. The van der Waals surface area contributed by atoms with Gasteiger partial charge in [0.05, 0.1) is 5.92 Å². The van der Waals surface area contributed by atoms with Crippen molar-refractivity contribution >= 4 is 29.8 Å². The van der Waals surface area contributed by atoms with E-state index in [4.69, 9.17) is 4.74 Å². The number of thioether (sulfide) groups is 1. The summed E-state index contributed by atoms with van der Waals surface area (Å²) in [5.74, 6) is -7.30. The average molecular weight is 601 g/mol. The Morgan fingerprint density at radius 3 is 2.19 bits per heavy atom. The van der Waals surface area contributed by atoms with Crippen molar-refractivity contribution in [2.75, 3.05) is 0 Å². The third kappa shape index (κ3) is 4.89. The highest BCUT2D eigenvalue weighted by atomic mass is 32.2. The number of nitrogens with zero attached hydrogens (tertiary/aromatic N) is 2. The first kappa shape index (κ1) is 29.5. The Balaban J connectivity index is 1.75. The molecule has 5 rings (SSSR count). The number of fused-ring (bicyclic) bond motifs is 1. The van der Waals surface area contributed by atoms with Crippen LogP contribution in [0, 0.1) is 34.8 Å². The molecule has 2 saturated carbocycles. The lowest BCUT2D eigenvalue weighted by Crippen LogP contribution is -2.66. The minimum Gasteiger partial charge on any atom is -0.481 e. The zero-order chi connectivity index (χ0) is 30.4. The van der Waals surface area contributed by atoms with Crippen molar-refractivity contribution in [2.24, 2.45) is 23.2 Å². The lowest BCUT2D eigenvalue weighted by Gasteiger charge is -2.43. The molecule has 222 valence electrons. The van der Waals surface area contributed by atoms with E-state index in [0.717, 1.165) is 11.8 Å². The maximum Gasteiger partial charge on any atom is 0.408 e. The van der Waals surface area contributed by atoms with Crippen LogP contribution >= 0.6 is 11.8 Å². The van der Waals surface area contributed by atoms with Crippen LogP contribution in [-0.4, -0.2) is 59.8 Å². The number of carbonyl (C=O) groups is 3. The molecule has 3 aromatic rings. The molecule has 13 heteroatoms. The standard InChI is InChI=1S/C29H30F2N4O6S/c1-27(2,3)41-26(40)34-29(24(38)39)17(12-15-8-4-6-10-18(15)30)22(42-25-32-14-33-35-25)20-21(23(36)37)28(20,29)13-16-9-5-7-11-19(16)31/h4-11,14,17,20-22H,12-13H2,1-3H3,(H,34,40)(H,36,37)(H,38,39)(H,32,33,35)/t17?,20-,21-,22-,28-,29+/m0/s1. The van der Waals surface area contributed by atoms with Gasteiger partial charge >= 0.3 is 18.0 Å². The summed E-state index contributed by atoms with van der Waals surface area (Å²) in [7, 11) is 0. The molecule has 1 unspecified atom stereocenters. The molecule has 1 amide bonds. The Morgan fingerprint density at radius 1 is 1.05 bits per heavy atom. The van der Waals surface area contributed by atoms with E-state index in [1.807, 2.05) is 0 Å². The molecule has 0 aliphatic heterocycles. The smallest absolute Gasteiger partial charge is 0.408 e. The molecule has 1 aromatic heterocycles. The molecule has 4 N–H and O–H groups in total. The van der Waals surface area contributed by atoms with Crippen molar-refractivity contribution in [3.63, 3.8) is 0 Å². The van der Waals surface area contributed by atoms with Gasteiger partial charge in [-0.1, -0.05) is 48.2 Å². The molecule has 0 spiro atoms. The molecule has 6 atom stereocenters. The molecule has 0 radical (unpaired) electrons. The molecular weight excluding hydrogens is 570 g/mol. The maximum absolute atomic E-state index is 15.1. The number of nitrogens with one attached hydrogen (secondary N) is 2. The van der Waals surface area contributed by atoms with Crippen molar-refractivity contribution < 1.29 is 38.1 Å². The number of aliphatic carboxylic acids is 2. The maximum atomic E-state index is 15.1. The molecule has 10 nitrogen and oxygen atoms in total. The third-order valence-corrected chi connectivity index (χ3v) is 9.54. The number of halogens is 2. The number of H-pyrrole nitrogens is 1. The van der Waals surface area contributed by atoms with E-state index in [9.17, 15) is 24.6 Å². The normalized spacial score (nSPS) is 28.1. The minimum atomic E-state index is -2.31. The summed E-state index contributed by atoms with van der Waals surface area (Å²) >= 11 is 1.07. The van der Waals surface area contributed by atoms with Gasteiger partial charge in [-0.15, -0.1) is 0 Å². The van der Waals surface area contributed by atoms with Gasteiger partial charge in [0.25, 0.3) is 0 Å². The van der Waals surface area contributed by atoms with Crippen molar-refractivity contribution in [3.8, 4) is 0 Å². The Labute approximate surface area is 244 Å². The van der Waals surface area contributed by atoms with Crippen LogP contribution in [0.4, 0.5) is 13.6 Å². The van der Waals surface area contributed by atoms with E-state index < -0.39 is 69.2 Å². The Bertz CT molecular complexity index is 1520. The van der Waals surface area contributed by atoms with Gasteiger partial charge in [-0.3, -0.25) is 9.89 Å². The van der Waals surface area contributed by atoms with Gasteiger partial charge in [-0.2, -0.15) is 5.10 Å². The van der Waals surface area contributed by atoms with Crippen LogP contribution in [0.15, 0.2) is 60.0 Å². The zero-order valence-corrected chi connectivity index (χ0v) is 23.8. The fourth-order valence-electron chi connectivity index (χ4n) is 6.79. The number of hydrogen-bond donors (Lipinski definition) is 4. The number of aromatic nitrogens is 3. The number of hydrogen-bond acceptors (Lipinski definition) is 7. The summed E-state index contributed by atoms with van der Waals surface area (Å²) in [6, 6.07) is 11.5. The number of carbonyl (C=O) groups excluding carboxylic acids is 1. The van der Waals surface area contributed by atoms with Crippen LogP contribution in [0.1, 0.15) is 31.9 Å². The van der Waals surface area contributed by atoms with Gasteiger partial charge in [-0.05, 0) is 62.8 Å². The molecule has 2 fully saturated rings. The summed E-state index contributed by atoms with van der Waals surface area (Å²) in [5.41, 5.74) is -4.78. The molecule has 2 aliphatic carbocycles. The van der Waals surface area contributed by atoms with Crippen LogP contribution in [0.25, 0.3) is 0 Å². The monoisotopic (exact) mass is 600 g/mol. The molecule has 2 aromatic carbocycles. The summed E-state index contributed by atoms with van der Waals surface area (Å²) in [4.78, 5) is 44.0. The summed E-state index contributed by atoms with van der Waals surface area (Å²) < 4.78 is 35.6. The van der Waals surface area contributed by atoms with Gasteiger partial charge in [0, 0.05) is 16.6 Å². The first-order chi connectivity index (χ1) is 19.8. The molecule has 42 heavy (non-hydrogen) atoms. The fourth-order valence-corrected chi connectivity index (χ4v) is 8.27. The highest BCUT2D eigenvalue weighted by molar-refractivity contribution is 7.99. The fraction of sp³-hybridized carbons (Fsp3) is 0.414. The number of carboxylic acid groups (broad SMARTS) is 2. The number of alkyl carbamates (subject to hydrolysis) is 1. The Morgan fingerprint density at radius 2 is 1.67 bits per heavy atom. The lowest BCUT2D eigenvalue weighted by molar-refractivity contribution is -0.152. The van der Waals surface area contributed by atoms with Gasteiger partial charge in [0.1, 0.15) is 23.6 Å². The SMILES string of the molecule is CC(C)(C)OC(=O)N[C@@]1(C(=O)O)C(Cc2ccccc2F)[C@H](Sc2ncn[nH]2)[C@@H]2[C@@H](C(=O)O)[C@]21Cc1ccccc1F. The van der Waals surface area contributed by atoms with E-state index in [0.29, 0.717) is 0 Å². The lowest BCUT2D eigenvalue weighted by atomic mass is 9.68. The molecule has 0 saturated heterocycles. The Hall–Kier alpha value is -4.00. The number of ether oxygens (including phenoxy) is 1. The number of carboxylic acids is 2. The van der Waals surface area contributed by atoms with E-state index >= 15 is 8.78 Å². The van der Waals surface area contributed by atoms with Crippen LogP contribution < -0.4 is 5.32 Å². The van der Waals surface area contributed by atoms with Crippen molar-refractivity contribution in [3.05, 3.63) is 77.6 Å². The largest absolute Gasteiger partial charge is 0.481 e. The van der Waals surface area contributed by atoms with Crippen LogP contribution in [0.5, 0.6) is 0 Å². The van der Waals surface area contributed by atoms with Crippen LogP contribution in [-0.2, 0) is 27.2 Å². The quantitative estimate of drug-likeness (QED) is 0.281. The highest BCUT2D eigenvalue weighted by Gasteiger charge is 2.88. The van der Waals surface area contributed by atoms with Crippen LogP contribution in [0.3, 0.4) is 0 Å². The van der Waals surface area contributed by atoms with Crippen molar-refractivity contribution in [2.45, 2.75) is 55.2 Å². The number of rotatable bonds is 9. The average Bonchev–Trinajstić information content (AvgIpc) is 3.17. The highest BCUT2D eigenvalue weighted by Crippen LogP contribution is 2.78. The van der Waals surface area contributed by atoms with E-state index in [-0.39, 0.29) is 29.1 Å². The second-order valence-electron chi connectivity index (χ2n) is 11.7. The van der Waals surface area contributed by atoms with Gasteiger partial charge in [-0.25, -0.2) is 23.4 Å². The van der Waals surface area contributed by atoms with Gasteiger partial charge < -0.3 is 20.3 Å². The second kappa shape index (κ2) is 10.7. The molecule has 1 heterocycles. The van der Waals surface area contributed by atoms with Gasteiger partial charge in [0.15, 0.2) is 10.7 Å². The third-order valence-electron chi connectivity index (χ3n) is 8.22. The molecular formula is C29H30F2N4O6S. The van der Waals surface area contributed by atoms with Crippen molar-refractivity contribution in [1.82, 2.24) is 20.5 Å². The topological polar surface area (TPSA) is 154 Å². The molecule has 0 bridgehead atoms. The van der Waals surface area contributed by atoms with Crippen LogP contribution in [0.2, 0.25) is 0 Å². The minimum absolute atomic E-state index is 0.0952. The van der Waals surface area contributed by atoms with Gasteiger partial charge in [0.2, 0.25) is 0 Å². The number of amides is 1. The zero-order valence-electron chi connectivity index (χ0n) is 23.0. The summed E-state index contributed by atoms with van der Waals surface area (Å²) in [6.07, 6.45) is -0.329. The predicted molar refractivity (Wildman–Crippen MR) is 147 cm³/mol. The molecule has 2 aliphatic rings. The number of benzene rings is 2. The first-order valence-electron chi connectivity index (χ1n) is 13.3. The van der Waals surface area contributed by atoms with Crippen molar-refractivity contribution in [1.29, 1.82) is 0 Å². The second-order valence-corrected chi connectivity index (χ2v) is 12.8. The number of aromatic amines is 1.